The average Bonchev–Trinajstić information content (AvgIpc) is 2.79. The number of halogens is 3. The molecule has 10 heteroatoms. The average molecular weight is 573 g/mol. The number of hydrazone groups is 1. The van der Waals surface area contributed by atoms with Crippen LogP contribution in [0.25, 0.3) is 0 Å². The number of carbonyl (C=O) groups excluding carboxylic acids is 2. The summed E-state index contributed by atoms with van der Waals surface area (Å²) in [5.41, 5.74) is 3.47. The minimum absolute atomic E-state index is 0.185. The number of hydrogen-bond acceptors (Lipinski definition) is 5. The van der Waals surface area contributed by atoms with Gasteiger partial charge in [-0.15, -0.1) is 0 Å². The van der Waals surface area contributed by atoms with Crippen LogP contribution in [-0.2, 0) is 4.79 Å². The largest absolute Gasteiger partial charge is 0.493 e. The highest BCUT2D eigenvalue weighted by molar-refractivity contribution is 9.10. The van der Waals surface area contributed by atoms with Gasteiger partial charge in [0.25, 0.3) is 11.8 Å². The molecule has 0 fully saturated rings. The summed E-state index contributed by atoms with van der Waals surface area (Å²) < 4.78 is 11.9. The third kappa shape index (κ3) is 7.89. The van der Waals surface area contributed by atoms with E-state index in [1.54, 1.807) is 13.2 Å². The molecule has 1 unspecified atom stereocenters. The molecule has 0 heterocycles. The fourth-order valence-corrected chi connectivity index (χ4v) is 3.78. The van der Waals surface area contributed by atoms with Crippen molar-refractivity contribution < 1.29 is 19.1 Å². The Kier molecular flexibility index (Phi) is 11.1. The highest BCUT2D eigenvalue weighted by Gasteiger charge is 2.24. The Hall–Kier alpha value is -2.29. The first-order chi connectivity index (χ1) is 16.2. The number of hydrogen-bond donors (Lipinski definition) is 2. The molecule has 1 atom stereocenters. The Labute approximate surface area is 218 Å². The van der Waals surface area contributed by atoms with Gasteiger partial charge in [0.15, 0.2) is 11.5 Å². The van der Waals surface area contributed by atoms with Crippen molar-refractivity contribution in [3.63, 3.8) is 0 Å². The van der Waals surface area contributed by atoms with Crippen molar-refractivity contribution in [1.82, 2.24) is 10.7 Å². The zero-order valence-electron chi connectivity index (χ0n) is 19.5. The molecule has 0 radical (unpaired) electrons. The second kappa shape index (κ2) is 13.6. The van der Waals surface area contributed by atoms with E-state index in [9.17, 15) is 9.59 Å². The quantitative estimate of drug-likeness (QED) is 0.201. The maximum absolute atomic E-state index is 12.7. The van der Waals surface area contributed by atoms with Crippen LogP contribution in [0.1, 0.15) is 49.5 Å². The molecule has 7 nitrogen and oxygen atoms in total. The lowest BCUT2D eigenvalue weighted by Crippen LogP contribution is -2.48. The van der Waals surface area contributed by atoms with Crippen LogP contribution in [0.15, 0.2) is 39.9 Å². The number of unbranched alkanes of at least 4 members (excludes halogenated alkanes) is 1. The van der Waals surface area contributed by atoms with Crippen LogP contribution in [0.5, 0.6) is 11.5 Å². The maximum atomic E-state index is 12.7. The van der Waals surface area contributed by atoms with Crippen molar-refractivity contribution in [2.45, 2.75) is 39.7 Å². The molecule has 184 valence electrons. The van der Waals surface area contributed by atoms with Crippen LogP contribution in [0.2, 0.25) is 10.0 Å². The summed E-state index contributed by atoms with van der Waals surface area (Å²) >= 11 is 15.4. The Morgan fingerprint density at radius 1 is 1.18 bits per heavy atom. The monoisotopic (exact) mass is 571 g/mol. The number of benzene rings is 2. The molecule has 2 aromatic rings. The van der Waals surface area contributed by atoms with Crippen LogP contribution >= 0.6 is 39.1 Å². The van der Waals surface area contributed by atoms with E-state index in [4.69, 9.17) is 32.7 Å². The maximum Gasteiger partial charge on any atom is 0.262 e. The van der Waals surface area contributed by atoms with Gasteiger partial charge in [-0.05, 0) is 64.2 Å². The van der Waals surface area contributed by atoms with Crippen LogP contribution < -0.4 is 20.2 Å². The van der Waals surface area contributed by atoms with E-state index in [1.165, 1.54) is 24.4 Å². The first-order valence-electron chi connectivity index (χ1n) is 10.8. The number of nitrogens with one attached hydrogen (secondary N) is 2. The second-order valence-corrected chi connectivity index (χ2v) is 9.46. The molecule has 0 aliphatic carbocycles. The van der Waals surface area contributed by atoms with Crippen molar-refractivity contribution >= 4 is 57.2 Å². The highest BCUT2D eigenvalue weighted by Crippen LogP contribution is 2.36. The minimum atomic E-state index is -0.810. The van der Waals surface area contributed by atoms with E-state index in [0.717, 1.165) is 12.8 Å². The molecule has 0 bridgehead atoms. The normalized spacial score (nSPS) is 12.0. The van der Waals surface area contributed by atoms with Gasteiger partial charge in [0, 0.05) is 5.56 Å². The number of ether oxygens (including phenoxy) is 2. The molecule has 0 aliphatic rings. The van der Waals surface area contributed by atoms with Gasteiger partial charge in [0.1, 0.15) is 6.04 Å². The fourth-order valence-electron chi connectivity index (χ4n) is 2.91. The Morgan fingerprint density at radius 3 is 2.53 bits per heavy atom. The molecular weight excluding hydrogens is 545 g/mol. The van der Waals surface area contributed by atoms with Crippen LogP contribution in [-0.4, -0.2) is 37.8 Å². The van der Waals surface area contributed by atoms with Gasteiger partial charge in [0.05, 0.1) is 34.4 Å². The number of nitrogens with zero attached hydrogens (tertiary/aromatic N) is 1. The topological polar surface area (TPSA) is 89.0 Å². The number of amides is 2. The second-order valence-electron chi connectivity index (χ2n) is 7.79. The van der Waals surface area contributed by atoms with Gasteiger partial charge in [-0.25, -0.2) is 5.43 Å². The Bertz CT molecular complexity index is 1050. The van der Waals surface area contributed by atoms with Crippen LogP contribution in [0.3, 0.4) is 0 Å². The smallest absolute Gasteiger partial charge is 0.262 e. The molecule has 0 aliphatic heterocycles. The summed E-state index contributed by atoms with van der Waals surface area (Å²) in [6.07, 6.45) is 3.44. The standard InChI is InChI=1S/C24H28BrCl2N3O4/c1-5-6-9-34-22-17(25)10-15(11-20(22)33-4)13-28-30-24(32)21(14(2)3)29-23(31)16-7-8-18(26)19(27)12-16/h7-8,10-14,21H,5-6,9H2,1-4H3,(H,29,31)(H,30,32)/b28-13-. The molecular formula is C24H28BrCl2N3O4. The van der Waals surface area contributed by atoms with Crippen molar-refractivity contribution in [3.05, 3.63) is 56.0 Å². The minimum Gasteiger partial charge on any atom is -0.493 e. The van der Waals surface area contributed by atoms with Crippen molar-refractivity contribution in [2.75, 3.05) is 13.7 Å². The number of carbonyl (C=O) groups is 2. The fraction of sp³-hybridized carbons (Fsp3) is 0.375. The Balaban J connectivity index is 2.07. The van der Waals surface area contributed by atoms with Gasteiger partial charge >= 0.3 is 0 Å². The lowest BCUT2D eigenvalue weighted by atomic mass is 10.0. The molecule has 2 rings (SSSR count). The molecule has 2 N–H and O–H groups in total. The van der Waals surface area contributed by atoms with E-state index in [2.05, 4.69) is 38.7 Å². The Morgan fingerprint density at radius 2 is 1.91 bits per heavy atom. The summed E-state index contributed by atoms with van der Waals surface area (Å²) in [5, 5.41) is 7.36. The van der Waals surface area contributed by atoms with E-state index in [1.807, 2.05) is 19.9 Å². The van der Waals surface area contributed by atoms with Crippen LogP contribution in [0, 0.1) is 5.92 Å². The van der Waals surface area contributed by atoms with Crippen molar-refractivity contribution in [2.24, 2.45) is 11.0 Å². The number of methoxy groups -OCH3 is 1. The number of rotatable bonds is 11. The molecule has 2 aromatic carbocycles. The lowest BCUT2D eigenvalue weighted by molar-refractivity contribution is -0.123. The van der Waals surface area contributed by atoms with Crippen molar-refractivity contribution in [3.8, 4) is 11.5 Å². The molecule has 34 heavy (non-hydrogen) atoms. The van der Waals surface area contributed by atoms with Gasteiger partial charge < -0.3 is 14.8 Å². The van der Waals surface area contributed by atoms with E-state index < -0.39 is 17.9 Å². The molecule has 0 spiro atoms. The highest BCUT2D eigenvalue weighted by atomic mass is 79.9. The zero-order chi connectivity index (χ0) is 25.3. The first-order valence-corrected chi connectivity index (χ1v) is 12.3. The van der Waals surface area contributed by atoms with E-state index >= 15 is 0 Å². The van der Waals surface area contributed by atoms with Crippen LogP contribution in [0.4, 0.5) is 0 Å². The molecule has 0 aromatic heterocycles. The van der Waals surface area contributed by atoms with E-state index in [0.29, 0.717) is 38.7 Å². The molecule has 0 saturated heterocycles. The third-order valence-electron chi connectivity index (χ3n) is 4.80. The van der Waals surface area contributed by atoms with Gasteiger partial charge in [0.2, 0.25) is 0 Å². The van der Waals surface area contributed by atoms with Gasteiger partial charge in [-0.1, -0.05) is 50.4 Å². The summed E-state index contributed by atoms with van der Waals surface area (Å²) in [4.78, 5) is 25.3. The first kappa shape index (κ1) is 28.0. The van der Waals surface area contributed by atoms with E-state index in [-0.39, 0.29) is 10.9 Å². The predicted molar refractivity (Wildman–Crippen MR) is 139 cm³/mol. The predicted octanol–water partition coefficient (Wildman–Crippen LogP) is 5.85. The van der Waals surface area contributed by atoms with Gasteiger partial charge in [-0.2, -0.15) is 5.10 Å². The molecule has 0 saturated carbocycles. The molecule has 2 amide bonds. The zero-order valence-corrected chi connectivity index (χ0v) is 22.6. The lowest BCUT2D eigenvalue weighted by Gasteiger charge is -2.20. The summed E-state index contributed by atoms with van der Waals surface area (Å²) in [5.74, 6) is 0.0823. The summed E-state index contributed by atoms with van der Waals surface area (Å²) in [6, 6.07) is 7.28. The summed E-state index contributed by atoms with van der Waals surface area (Å²) in [7, 11) is 1.56. The third-order valence-corrected chi connectivity index (χ3v) is 6.13. The summed E-state index contributed by atoms with van der Waals surface area (Å²) in [6.45, 7) is 6.32. The van der Waals surface area contributed by atoms with Gasteiger partial charge in [-0.3, -0.25) is 9.59 Å². The van der Waals surface area contributed by atoms with Crippen molar-refractivity contribution in [1.29, 1.82) is 0 Å². The SMILES string of the molecule is CCCCOc1c(Br)cc(/C=N\NC(=O)C(NC(=O)c2ccc(Cl)c(Cl)c2)C(C)C)cc1OC.